The Morgan fingerprint density at radius 2 is 1.90 bits per heavy atom. The molecule has 1 aliphatic carbocycles. The zero-order chi connectivity index (χ0) is 15.2. The summed E-state index contributed by atoms with van der Waals surface area (Å²) in [5, 5.41) is 8.85. The van der Waals surface area contributed by atoms with Crippen molar-refractivity contribution in [2.24, 2.45) is 5.92 Å². The third kappa shape index (κ3) is 4.88. The van der Waals surface area contributed by atoms with Gasteiger partial charge in [0.15, 0.2) is 0 Å². The molecule has 1 fully saturated rings. The fraction of sp³-hybridized carbons (Fsp3) is 0.529. The first kappa shape index (κ1) is 15.5. The van der Waals surface area contributed by atoms with Crippen molar-refractivity contribution in [3.8, 4) is 0 Å². The number of carbonyl (C=O) groups is 2. The van der Waals surface area contributed by atoms with E-state index in [-0.39, 0.29) is 11.5 Å². The summed E-state index contributed by atoms with van der Waals surface area (Å²) in [4.78, 5) is 25.1. The number of carboxylic acids is 1. The molecule has 0 aliphatic heterocycles. The molecule has 1 amide bonds. The predicted octanol–water partition coefficient (Wildman–Crippen LogP) is 2.97. The molecule has 1 aliphatic rings. The van der Waals surface area contributed by atoms with E-state index >= 15 is 0 Å². The number of hydrogen-bond donors (Lipinski definition) is 1. The van der Waals surface area contributed by atoms with Crippen molar-refractivity contribution in [2.75, 3.05) is 13.1 Å². The summed E-state index contributed by atoms with van der Waals surface area (Å²) < 4.78 is 0. The molecule has 0 saturated heterocycles. The van der Waals surface area contributed by atoms with Crippen LogP contribution < -0.4 is 0 Å². The average molecular weight is 289 g/mol. The molecular weight excluding hydrogens is 266 g/mol. The highest BCUT2D eigenvalue weighted by atomic mass is 16.4. The van der Waals surface area contributed by atoms with Gasteiger partial charge in [0.05, 0.1) is 5.56 Å². The van der Waals surface area contributed by atoms with E-state index in [1.807, 2.05) is 4.90 Å². The van der Waals surface area contributed by atoms with Crippen LogP contribution in [0.2, 0.25) is 0 Å². The largest absolute Gasteiger partial charge is 0.478 e. The van der Waals surface area contributed by atoms with Gasteiger partial charge in [0.2, 0.25) is 5.91 Å². The minimum absolute atomic E-state index is 0.214. The molecule has 1 aromatic carbocycles. The smallest absolute Gasteiger partial charge is 0.335 e. The molecular formula is C17H23NO3. The third-order valence-electron chi connectivity index (χ3n) is 3.85. The van der Waals surface area contributed by atoms with Crippen LogP contribution in [0.25, 0.3) is 0 Å². The Balaban J connectivity index is 1.84. The van der Waals surface area contributed by atoms with E-state index in [2.05, 4.69) is 6.92 Å². The van der Waals surface area contributed by atoms with Crippen LogP contribution in [0.4, 0.5) is 0 Å². The summed E-state index contributed by atoms with van der Waals surface area (Å²) in [6, 6.07) is 6.77. The van der Waals surface area contributed by atoms with Gasteiger partial charge in [-0.3, -0.25) is 4.79 Å². The molecule has 0 spiro atoms. The lowest BCUT2D eigenvalue weighted by atomic mass is 10.1. The summed E-state index contributed by atoms with van der Waals surface area (Å²) >= 11 is 0. The molecule has 0 aromatic heterocycles. The van der Waals surface area contributed by atoms with Crippen LogP contribution in [-0.4, -0.2) is 35.0 Å². The lowest BCUT2D eigenvalue weighted by molar-refractivity contribution is -0.131. The van der Waals surface area contributed by atoms with Crippen LogP contribution >= 0.6 is 0 Å². The van der Waals surface area contributed by atoms with Gasteiger partial charge in [-0.2, -0.15) is 0 Å². The fourth-order valence-corrected chi connectivity index (χ4v) is 2.42. The van der Waals surface area contributed by atoms with E-state index in [0.717, 1.165) is 31.0 Å². The topological polar surface area (TPSA) is 57.6 Å². The maximum atomic E-state index is 12.3. The SMILES string of the molecule is CCCN(CC1CC1)C(=O)CCc1ccc(C(=O)O)cc1. The molecule has 2 rings (SSSR count). The average Bonchev–Trinajstić information content (AvgIpc) is 3.28. The lowest BCUT2D eigenvalue weighted by Crippen LogP contribution is -2.33. The molecule has 1 aromatic rings. The lowest BCUT2D eigenvalue weighted by Gasteiger charge is -2.22. The summed E-state index contributed by atoms with van der Waals surface area (Å²) in [5.41, 5.74) is 1.29. The van der Waals surface area contributed by atoms with Crippen LogP contribution in [0.3, 0.4) is 0 Å². The Labute approximate surface area is 125 Å². The second-order valence-corrected chi connectivity index (χ2v) is 5.79. The molecule has 1 saturated carbocycles. The molecule has 21 heavy (non-hydrogen) atoms. The zero-order valence-corrected chi connectivity index (χ0v) is 12.5. The molecule has 4 heteroatoms. The highest BCUT2D eigenvalue weighted by molar-refractivity contribution is 5.87. The van der Waals surface area contributed by atoms with Gasteiger partial charge in [-0.25, -0.2) is 4.79 Å². The summed E-state index contributed by atoms with van der Waals surface area (Å²) in [6.45, 7) is 3.84. The van der Waals surface area contributed by atoms with Crippen LogP contribution in [0.5, 0.6) is 0 Å². The van der Waals surface area contributed by atoms with E-state index in [1.54, 1.807) is 24.3 Å². The molecule has 0 atom stereocenters. The highest BCUT2D eigenvalue weighted by Crippen LogP contribution is 2.30. The number of amides is 1. The van der Waals surface area contributed by atoms with Crippen molar-refractivity contribution >= 4 is 11.9 Å². The van der Waals surface area contributed by atoms with Crippen LogP contribution in [0.15, 0.2) is 24.3 Å². The number of benzene rings is 1. The maximum Gasteiger partial charge on any atom is 0.335 e. The summed E-state index contributed by atoms with van der Waals surface area (Å²) in [7, 11) is 0. The Hall–Kier alpha value is -1.84. The summed E-state index contributed by atoms with van der Waals surface area (Å²) in [6.07, 6.45) is 4.67. The van der Waals surface area contributed by atoms with Gasteiger partial charge in [0, 0.05) is 19.5 Å². The first-order valence-corrected chi connectivity index (χ1v) is 7.70. The van der Waals surface area contributed by atoms with E-state index in [9.17, 15) is 9.59 Å². The van der Waals surface area contributed by atoms with Crippen LogP contribution in [0.1, 0.15) is 48.5 Å². The number of aryl methyl sites for hydroxylation is 1. The van der Waals surface area contributed by atoms with E-state index in [0.29, 0.717) is 12.8 Å². The van der Waals surface area contributed by atoms with Crippen molar-refractivity contribution in [2.45, 2.75) is 39.0 Å². The molecule has 1 N–H and O–H groups in total. The van der Waals surface area contributed by atoms with Gasteiger partial charge in [0.25, 0.3) is 0 Å². The molecule has 114 valence electrons. The van der Waals surface area contributed by atoms with Gasteiger partial charge < -0.3 is 10.0 Å². The minimum atomic E-state index is -0.920. The Morgan fingerprint density at radius 1 is 1.24 bits per heavy atom. The minimum Gasteiger partial charge on any atom is -0.478 e. The number of nitrogens with zero attached hydrogens (tertiary/aromatic N) is 1. The Bertz CT molecular complexity index is 491. The van der Waals surface area contributed by atoms with Crippen molar-refractivity contribution in [1.82, 2.24) is 4.90 Å². The number of aromatic carboxylic acids is 1. The Morgan fingerprint density at radius 3 is 2.43 bits per heavy atom. The highest BCUT2D eigenvalue weighted by Gasteiger charge is 2.26. The predicted molar refractivity (Wildman–Crippen MR) is 81.3 cm³/mol. The van der Waals surface area contributed by atoms with Gasteiger partial charge in [-0.1, -0.05) is 19.1 Å². The molecule has 0 heterocycles. The monoisotopic (exact) mass is 289 g/mol. The van der Waals surface area contributed by atoms with Crippen molar-refractivity contribution < 1.29 is 14.7 Å². The fourth-order valence-electron chi connectivity index (χ4n) is 2.42. The molecule has 0 radical (unpaired) electrons. The van der Waals surface area contributed by atoms with Gasteiger partial charge >= 0.3 is 5.97 Å². The first-order chi connectivity index (χ1) is 10.1. The number of carbonyl (C=O) groups excluding carboxylic acids is 1. The van der Waals surface area contributed by atoms with Crippen LogP contribution in [0, 0.1) is 5.92 Å². The Kier molecular flexibility index (Phi) is 5.37. The first-order valence-electron chi connectivity index (χ1n) is 7.70. The van der Waals surface area contributed by atoms with Crippen molar-refractivity contribution in [3.63, 3.8) is 0 Å². The number of carboxylic acid groups (broad SMARTS) is 1. The summed E-state index contributed by atoms with van der Waals surface area (Å²) in [5.74, 6) is 0.0117. The normalized spacial score (nSPS) is 14.0. The molecule has 4 nitrogen and oxygen atoms in total. The quantitative estimate of drug-likeness (QED) is 0.800. The zero-order valence-electron chi connectivity index (χ0n) is 12.5. The van der Waals surface area contributed by atoms with Crippen molar-refractivity contribution in [3.05, 3.63) is 35.4 Å². The number of hydrogen-bond acceptors (Lipinski definition) is 2. The number of rotatable bonds is 8. The van der Waals surface area contributed by atoms with E-state index in [4.69, 9.17) is 5.11 Å². The van der Waals surface area contributed by atoms with E-state index < -0.39 is 5.97 Å². The van der Waals surface area contributed by atoms with Crippen LogP contribution in [-0.2, 0) is 11.2 Å². The third-order valence-corrected chi connectivity index (χ3v) is 3.85. The van der Waals surface area contributed by atoms with Gasteiger partial charge in [0.1, 0.15) is 0 Å². The molecule has 0 bridgehead atoms. The van der Waals surface area contributed by atoms with Gasteiger partial charge in [-0.15, -0.1) is 0 Å². The maximum absolute atomic E-state index is 12.3. The molecule has 0 unspecified atom stereocenters. The van der Waals surface area contributed by atoms with E-state index in [1.165, 1.54) is 12.8 Å². The van der Waals surface area contributed by atoms with Crippen molar-refractivity contribution in [1.29, 1.82) is 0 Å². The second-order valence-electron chi connectivity index (χ2n) is 5.79. The second kappa shape index (κ2) is 7.25. The van der Waals surface area contributed by atoms with Gasteiger partial charge in [-0.05, 0) is 49.3 Å². The standard InChI is InChI=1S/C17H23NO3/c1-2-11-18(12-14-3-4-14)16(19)10-7-13-5-8-15(9-6-13)17(20)21/h5-6,8-9,14H,2-4,7,10-12H2,1H3,(H,20,21).